The molecule has 0 heterocycles. The molecule has 1 N–H and O–H groups in total. The zero-order valence-corrected chi connectivity index (χ0v) is 9.79. The molecule has 0 aliphatic rings. The fraction of sp³-hybridized carbons (Fsp3) is 0.538. The zero-order valence-electron chi connectivity index (χ0n) is 9.79. The van der Waals surface area contributed by atoms with Gasteiger partial charge in [-0.25, -0.2) is 0 Å². The molecular formula is C13H20O2. The van der Waals surface area contributed by atoms with Crippen molar-refractivity contribution in [1.82, 2.24) is 0 Å². The van der Waals surface area contributed by atoms with E-state index in [2.05, 4.69) is 12.1 Å². The summed E-state index contributed by atoms with van der Waals surface area (Å²) in [6.07, 6.45) is 0.259. The van der Waals surface area contributed by atoms with Crippen LogP contribution in [0.4, 0.5) is 0 Å². The Hall–Kier alpha value is -0.860. The van der Waals surface area contributed by atoms with Crippen molar-refractivity contribution >= 4 is 0 Å². The molecule has 0 amide bonds. The van der Waals surface area contributed by atoms with Crippen molar-refractivity contribution in [2.45, 2.75) is 33.3 Å². The van der Waals surface area contributed by atoms with Gasteiger partial charge in [-0.1, -0.05) is 23.8 Å². The second-order valence-electron chi connectivity index (χ2n) is 3.86. The molecule has 0 aliphatic carbocycles. The van der Waals surface area contributed by atoms with Crippen LogP contribution in [0.15, 0.2) is 18.2 Å². The Bertz CT molecular complexity index is 307. The van der Waals surface area contributed by atoms with Crippen molar-refractivity contribution in [2.75, 3.05) is 13.2 Å². The van der Waals surface area contributed by atoms with Gasteiger partial charge in [-0.2, -0.15) is 0 Å². The zero-order chi connectivity index (χ0) is 11.3. The lowest BCUT2D eigenvalue weighted by molar-refractivity contribution is 0.0883. The van der Waals surface area contributed by atoms with Crippen molar-refractivity contribution in [1.29, 1.82) is 0 Å². The van der Waals surface area contributed by atoms with Crippen LogP contribution in [0, 0.1) is 13.8 Å². The number of rotatable bonds is 5. The fourth-order valence-corrected chi connectivity index (χ4v) is 1.61. The van der Waals surface area contributed by atoms with E-state index in [1.54, 1.807) is 0 Å². The summed E-state index contributed by atoms with van der Waals surface area (Å²) >= 11 is 0. The topological polar surface area (TPSA) is 29.5 Å². The summed E-state index contributed by atoms with van der Waals surface area (Å²) in [5.41, 5.74) is 3.35. The standard InChI is InChI=1S/C13H20O2/c1-4-15-8-7-13(14)12-9-10(2)5-6-11(12)3/h5-6,9,13-14H,4,7-8H2,1-3H3. The van der Waals surface area contributed by atoms with Gasteiger partial charge in [0, 0.05) is 19.6 Å². The van der Waals surface area contributed by atoms with Crippen LogP contribution in [0.5, 0.6) is 0 Å². The molecule has 0 saturated carbocycles. The molecule has 0 radical (unpaired) electrons. The second-order valence-corrected chi connectivity index (χ2v) is 3.86. The molecule has 0 aromatic heterocycles. The van der Waals surface area contributed by atoms with Crippen molar-refractivity contribution in [3.05, 3.63) is 34.9 Å². The Morgan fingerprint density at radius 1 is 1.33 bits per heavy atom. The third kappa shape index (κ3) is 3.65. The maximum atomic E-state index is 9.97. The van der Waals surface area contributed by atoms with Crippen molar-refractivity contribution in [2.24, 2.45) is 0 Å². The number of aliphatic hydroxyl groups excluding tert-OH is 1. The maximum Gasteiger partial charge on any atom is 0.0814 e. The molecule has 0 saturated heterocycles. The molecule has 1 unspecified atom stereocenters. The maximum absolute atomic E-state index is 9.97. The number of hydrogen-bond donors (Lipinski definition) is 1. The lowest BCUT2D eigenvalue weighted by atomic mass is 9.99. The second kappa shape index (κ2) is 5.89. The van der Waals surface area contributed by atoms with Gasteiger partial charge in [0.25, 0.3) is 0 Å². The molecule has 1 aromatic carbocycles. The van der Waals surface area contributed by atoms with Crippen LogP contribution >= 0.6 is 0 Å². The number of hydrogen-bond acceptors (Lipinski definition) is 2. The normalized spacial score (nSPS) is 12.8. The minimum atomic E-state index is -0.406. The molecule has 0 spiro atoms. The SMILES string of the molecule is CCOCCC(O)c1cc(C)ccc1C. The average Bonchev–Trinajstić information content (AvgIpc) is 2.22. The number of aliphatic hydroxyl groups is 1. The number of benzene rings is 1. The molecule has 1 rings (SSSR count). The van der Waals surface area contributed by atoms with Gasteiger partial charge >= 0.3 is 0 Å². The van der Waals surface area contributed by atoms with Crippen molar-refractivity contribution < 1.29 is 9.84 Å². The van der Waals surface area contributed by atoms with E-state index in [1.165, 1.54) is 5.56 Å². The smallest absolute Gasteiger partial charge is 0.0814 e. The number of aryl methyl sites for hydroxylation is 2. The lowest BCUT2D eigenvalue weighted by Gasteiger charge is -2.14. The molecule has 1 atom stereocenters. The van der Waals surface area contributed by atoms with Crippen LogP contribution in [0.1, 0.15) is 36.1 Å². The fourth-order valence-electron chi connectivity index (χ4n) is 1.61. The first kappa shape index (κ1) is 12.2. The van der Waals surface area contributed by atoms with E-state index in [9.17, 15) is 5.11 Å². The first-order valence-corrected chi connectivity index (χ1v) is 5.48. The van der Waals surface area contributed by atoms with E-state index in [0.717, 1.165) is 11.1 Å². The highest BCUT2D eigenvalue weighted by Gasteiger charge is 2.09. The molecule has 2 heteroatoms. The van der Waals surface area contributed by atoms with E-state index in [4.69, 9.17) is 4.74 Å². The predicted octanol–water partition coefficient (Wildman–Crippen LogP) is 2.76. The number of ether oxygens (including phenoxy) is 1. The summed E-state index contributed by atoms with van der Waals surface area (Å²) < 4.78 is 5.24. The van der Waals surface area contributed by atoms with Crippen molar-refractivity contribution in [3.63, 3.8) is 0 Å². The van der Waals surface area contributed by atoms with E-state index in [1.807, 2.05) is 26.8 Å². The van der Waals surface area contributed by atoms with Crippen LogP contribution < -0.4 is 0 Å². The van der Waals surface area contributed by atoms with Crippen molar-refractivity contribution in [3.8, 4) is 0 Å². The van der Waals surface area contributed by atoms with Gasteiger partial charge in [0.1, 0.15) is 0 Å². The largest absolute Gasteiger partial charge is 0.388 e. The first-order chi connectivity index (χ1) is 7.15. The minimum absolute atomic E-state index is 0.406. The Morgan fingerprint density at radius 3 is 2.73 bits per heavy atom. The van der Waals surface area contributed by atoms with Crippen LogP contribution in [-0.2, 0) is 4.74 Å². The predicted molar refractivity (Wildman–Crippen MR) is 62.0 cm³/mol. The first-order valence-electron chi connectivity index (χ1n) is 5.48. The van der Waals surface area contributed by atoms with E-state index in [-0.39, 0.29) is 0 Å². The van der Waals surface area contributed by atoms with Crippen LogP contribution in [0.2, 0.25) is 0 Å². The monoisotopic (exact) mass is 208 g/mol. The third-order valence-electron chi connectivity index (χ3n) is 2.53. The molecule has 2 nitrogen and oxygen atoms in total. The molecule has 84 valence electrons. The minimum Gasteiger partial charge on any atom is -0.388 e. The molecule has 1 aromatic rings. The van der Waals surface area contributed by atoms with Gasteiger partial charge in [-0.15, -0.1) is 0 Å². The van der Waals surface area contributed by atoms with E-state index >= 15 is 0 Å². The van der Waals surface area contributed by atoms with Gasteiger partial charge in [0.05, 0.1) is 6.10 Å². The summed E-state index contributed by atoms with van der Waals surface area (Å²) in [6, 6.07) is 6.16. The average molecular weight is 208 g/mol. The molecular weight excluding hydrogens is 188 g/mol. The van der Waals surface area contributed by atoms with Gasteiger partial charge in [0.2, 0.25) is 0 Å². The third-order valence-corrected chi connectivity index (χ3v) is 2.53. The highest BCUT2D eigenvalue weighted by molar-refractivity contribution is 5.32. The van der Waals surface area contributed by atoms with Gasteiger partial charge < -0.3 is 9.84 Å². The lowest BCUT2D eigenvalue weighted by Crippen LogP contribution is -2.05. The quantitative estimate of drug-likeness (QED) is 0.754. The van der Waals surface area contributed by atoms with E-state index < -0.39 is 6.10 Å². The summed E-state index contributed by atoms with van der Waals surface area (Å²) in [5.74, 6) is 0. The van der Waals surface area contributed by atoms with Crippen LogP contribution in [-0.4, -0.2) is 18.3 Å². The Kier molecular flexibility index (Phi) is 4.79. The Morgan fingerprint density at radius 2 is 2.07 bits per heavy atom. The van der Waals surface area contributed by atoms with Crippen LogP contribution in [0.25, 0.3) is 0 Å². The molecule has 15 heavy (non-hydrogen) atoms. The summed E-state index contributed by atoms with van der Waals surface area (Å²) in [5, 5.41) is 9.97. The van der Waals surface area contributed by atoms with E-state index in [0.29, 0.717) is 19.6 Å². The van der Waals surface area contributed by atoms with Crippen LogP contribution in [0.3, 0.4) is 0 Å². The Labute approximate surface area is 91.9 Å². The molecule has 0 bridgehead atoms. The Balaban J connectivity index is 2.64. The molecule has 0 fully saturated rings. The molecule has 0 aliphatic heterocycles. The van der Waals surface area contributed by atoms with Gasteiger partial charge in [-0.05, 0) is 31.9 Å². The van der Waals surface area contributed by atoms with Gasteiger partial charge in [0.15, 0.2) is 0 Å². The highest BCUT2D eigenvalue weighted by atomic mass is 16.5. The summed E-state index contributed by atoms with van der Waals surface area (Å²) in [4.78, 5) is 0. The summed E-state index contributed by atoms with van der Waals surface area (Å²) in [7, 11) is 0. The summed E-state index contributed by atoms with van der Waals surface area (Å²) in [6.45, 7) is 7.35. The highest BCUT2D eigenvalue weighted by Crippen LogP contribution is 2.21. The van der Waals surface area contributed by atoms with Gasteiger partial charge in [-0.3, -0.25) is 0 Å².